The number of para-hydroxylation sites is 1. The first kappa shape index (κ1) is 32.3. The smallest absolute Gasteiger partial charge is 0.265 e. The molecule has 0 radical (unpaired) electrons. The SMILES string of the molecule is CCN(c1ccccc1)S(=O)(=O)c1cc(C(=O)N2CCN(S(=O)(=O)c3c(C)c(C)c(C)c(C)c3C)CC2)c(Cl)cc1Cl. The molecule has 1 aliphatic heterocycles. The summed E-state index contributed by atoms with van der Waals surface area (Å²) in [5.41, 5.74) is 4.87. The molecule has 1 heterocycles. The number of benzene rings is 3. The summed E-state index contributed by atoms with van der Waals surface area (Å²) in [7, 11) is -7.94. The third-order valence-electron chi connectivity index (χ3n) is 8.21. The standard InChI is InChI=1S/C30H35Cl2N3O5S2/c1-7-35(24-11-9-8-10-12-24)41(37,38)28-17-25(26(31)18-27(28)32)30(36)33-13-15-34(16-14-33)42(39,40)29-22(5)20(3)19(2)21(4)23(29)6/h8-12,17-18H,7,13-16H2,1-6H3. The second kappa shape index (κ2) is 12.2. The summed E-state index contributed by atoms with van der Waals surface area (Å²) in [4.78, 5) is 15.2. The molecule has 8 nitrogen and oxygen atoms in total. The van der Waals surface area contributed by atoms with E-state index in [1.165, 1.54) is 25.6 Å². The number of piperazine rings is 1. The molecule has 1 fully saturated rings. The lowest BCUT2D eigenvalue weighted by Gasteiger charge is -2.35. The van der Waals surface area contributed by atoms with Crippen LogP contribution in [0.2, 0.25) is 10.0 Å². The monoisotopic (exact) mass is 651 g/mol. The van der Waals surface area contributed by atoms with E-state index in [0.717, 1.165) is 27.8 Å². The Hall–Kier alpha value is -2.63. The van der Waals surface area contributed by atoms with Gasteiger partial charge in [-0.15, -0.1) is 0 Å². The lowest BCUT2D eigenvalue weighted by Crippen LogP contribution is -2.50. The van der Waals surface area contributed by atoms with E-state index < -0.39 is 26.0 Å². The molecule has 0 saturated carbocycles. The molecule has 226 valence electrons. The van der Waals surface area contributed by atoms with Crippen LogP contribution in [-0.2, 0) is 20.0 Å². The van der Waals surface area contributed by atoms with Crippen molar-refractivity contribution < 1.29 is 21.6 Å². The fraction of sp³-hybridized carbons (Fsp3) is 0.367. The fourth-order valence-corrected chi connectivity index (χ4v) is 9.67. The summed E-state index contributed by atoms with van der Waals surface area (Å²) in [5, 5.41) is -0.0881. The van der Waals surface area contributed by atoms with Gasteiger partial charge in [0.15, 0.2) is 0 Å². The number of hydrogen-bond donors (Lipinski definition) is 0. The molecule has 0 bridgehead atoms. The van der Waals surface area contributed by atoms with E-state index in [4.69, 9.17) is 23.2 Å². The minimum absolute atomic E-state index is 0.0126. The molecule has 1 aliphatic rings. The highest BCUT2D eigenvalue weighted by Crippen LogP contribution is 2.35. The molecule has 0 spiro atoms. The van der Waals surface area contributed by atoms with Gasteiger partial charge in [-0.3, -0.25) is 9.10 Å². The molecule has 0 atom stereocenters. The summed E-state index contributed by atoms with van der Waals surface area (Å²) in [6, 6.07) is 11.1. The molecule has 3 aromatic carbocycles. The van der Waals surface area contributed by atoms with Crippen LogP contribution in [0, 0.1) is 34.6 Å². The van der Waals surface area contributed by atoms with E-state index in [-0.39, 0.29) is 53.2 Å². The number of anilines is 1. The van der Waals surface area contributed by atoms with Crippen molar-refractivity contribution in [2.45, 2.75) is 51.3 Å². The van der Waals surface area contributed by atoms with Gasteiger partial charge in [0.1, 0.15) is 4.90 Å². The van der Waals surface area contributed by atoms with Crippen LogP contribution >= 0.6 is 23.2 Å². The average Bonchev–Trinajstić information content (AvgIpc) is 2.95. The lowest BCUT2D eigenvalue weighted by molar-refractivity contribution is 0.0697. The molecule has 1 saturated heterocycles. The van der Waals surface area contributed by atoms with Crippen LogP contribution in [0.25, 0.3) is 0 Å². The van der Waals surface area contributed by atoms with Gasteiger partial charge < -0.3 is 4.90 Å². The zero-order chi connectivity index (χ0) is 31.1. The Morgan fingerprint density at radius 2 is 1.31 bits per heavy atom. The highest BCUT2D eigenvalue weighted by molar-refractivity contribution is 7.93. The van der Waals surface area contributed by atoms with Crippen molar-refractivity contribution in [1.82, 2.24) is 9.21 Å². The van der Waals surface area contributed by atoms with Crippen molar-refractivity contribution in [3.8, 4) is 0 Å². The normalized spacial score (nSPS) is 14.7. The van der Waals surface area contributed by atoms with Gasteiger partial charge >= 0.3 is 0 Å². The number of carbonyl (C=O) groups excluding carboxylic acids is 1. The first-order chi connectivity index (χ1) is 19.6. The third kappa shape index (κ3) is 5.67. The number of amides is 1. The molecule has 3 aromatic rings. The Bertz CT molecular complexity index is 1720. The number of sulfonamides is 2. The van der Waals surface area contributed by atoms with Crippen molar-refractivity contribution in [2.75, 3.05) is 37.0 Å². The Labute approximate surface area is 258 Å². The van der Waals surface area contributed by atoms with E-state index in [1.54, 1.807) is 37.3 Å². The van der Waals surface area contributed by atoms with Crippen LogP contribution in [-0.4, -0.2) is 64.7 Å². The van der Waals surface area contributed by atoms with Crippen molar-refractivity contribution in [1.29, 1.82) is 0 Å². The Kier molecular flexibility index (Phi) is 9.35. The minimum Gasteiger partial charge on any atom is -0.336 e. The average molecular weight is 653 g/mol. The zero-order valence-electron chi connectivity index (χ0n) is 24.5. The maximum atomic E-state index is 13.8. The maximum absolute atomic E-state index is 13.8. The minimum atomic E-state index is -4.13. The van der Waals surface area contributed by atoms with Crippen LogP contribution in [0.15, 0.2) is 52.3 Å². The van der Waals surface area contributed by atoms with Crippen molar-refractivity contribution in [2.24, 2.45) is 0 Å². The Morgan fingerprint density at radius 1 is 0.786 bits per heavy atom. The lowest BCUT2D eigenvalue weighted by atomic mass is 9.95. The van der Waals surface area contributed by atoms with Crippen molar-refractivity contribution >= 4 is 54.8 Å². The summed E-state index contributed by atoms with van der Waals surface area (Å²) >= 11 is 12.8. The summed E-state index contributed by atoms with van der Waals surface area (Å²) in [6.45, 7) is 11.8. The first-order valence-electron chi connectivity index (χ1n) is 13.6. The summed E-state index contributed by atoms with van der Waals surface area (Å²) < 4.78 is 57.5. The predicted molar refractivity (Wildman–Crippen MR) is 168 cm³/mol. The molecule has 0 unspecified atom stereocenters. The van der Waals surface area contributed by atoms with Gasteiger partial charge in [0.2, 0.25) is 10.0 Å². The fourth-order valence-electron chi connectivity index (χ4n) is 5.38. The van der Waals surface area contributed by atoms with Gasteiger partial charge in [0, 0.05) is 32.7 Å². The molecule has 12 heteroatoms. The second-order valence-corrected chi connectivity index (χ2v) is 14.9. The van der Waals surface area contributed by atoms with E-state index >= 15 is 0 Å². The molecular weight excluding hydrogens is 617 g/mol. The number of hydrogen-bond acceptors (Lipinski definition) is 5. The van der Waals surface area contributed by atoms with E-state index in [1.807, 2.05) is 34.6 Å². The molecule has 42 heavy (non-hydrogen) atoms. The third-order valence-corrected chi connectivity index (χ3v) is 13.1. The van der Waals surface area contributed by atoms with Crippen LogP contribution in [0.3, 0.4) is 0 Å². The number of halogens is 2. The first-order valence-corrected chi connectivity index (χ1v) is 17.2. The van der Waals surface area contributed by atoms with Gasteiger partial charge in [-0.25, -0.2) is 16.8 Å². The molecule has 4 rings (SSSR count). The van der Waals surface area contributed by atoms with E-state index in [9.17, 15) is 21.6 Å². The van der Waals surface area contributed by atoms with Crippen LogP contribution in [0.5, 0.6) is 0 Å². The maximum Gasteiger partial charge on any atom is 0.265 e. The molecular formula is C30H35Cl2N3O5S2. The van der Waals surface area contributed by atoms with E-state index in [2.05, 4.69) is 0 Å². The Morgan fingerprint density at radius 3 is 1.83 bits per heavy atom. The highest BCUT2D eigenvalue weighted by Gasteiger charge is 2.35. The number of nitrogens with zero attached hydrogens (tertiary/aromatic N) is 3. The van der Waals surface area contributed by atoms with E-state index in [0.29, 0.717) is 10.6 Å². The zero-order valence-corrected chi connectivity index (χ0v) is 27.7. The molecule has 0 aliphatic carbocycles. The van der Waals surface area contributed by atoms with Crippen molar-refractivity contribution in [3.63, 3.8) is 0 Å². The van der Waals surface area contributed by atoms with Gasteiger partial charge in [0.25, 0.3) is 15.9 Å². The molecule has 0 aromatic heterocycles. The van der Waals surface area contributed by atoms with Crippen LogP contribution < -0.4 is 4.31 Å². The van der Waals surface area contributed by atoms with Gasteiger partial charge in [0.05, 0.1) is 26.2 Å². The molecule has 1 amide bonds. The quantitative estimate of drug-likeness (QED) is 0.317. The van der Waals surface area contributed by atoms with Gasteiger partial charge in [-0.05, 0) is 93.6 Å². The predicted octanol–water partition coefficient (Wildman–Crippen LogP) is 5.90. The van der Waals surface area contributed by atoms with Crippen LogP contribution in [0.1, 0.15) is 45.1 Å². The topological polar surface area (TPSA) is 95.1 Å². The molecule has 0 N–H and O–H groups in total. The van der Waals surface area contributed by atoms with Gasteiger partial charge in [-0.1, -0.05) is 41.4 Å². The number of carbonyl (C=O) groups is 1. The highest BCUT2D eigenvalue weighted by atomic mass is 35.5. The van der Waals surface area contributed by atoms with Crippen LogP contribution in [0.4, 0.5) is 5.69 Å². The Balaban J connectivity index is 1.61. The van der Waals surface area contributed by atoms with Gasteiger partial charge in [-0.2, -0.15) is 4.31 Å². The summed E-state index contributed by atoms with van der Waals surface area (Å²) in [5.74, 6) is -0.498. The largest absolute Gasteiger partial charge is 0.336 e. The second-order valence-electron chi connectivity index (χ2n) is 10.4. The summed E-state index contributed by atoms with van der Waals surface area (Å²) in [6.07, 6.45) is 0. The van der Waals surface area contributed by atoms with Crippen molar-refractivity contribution in [3.05, 3.63) is 85.9 Å². The number of rotatable bonds is 7.